The van der Waals surface area contributed by atoms with Crippen molar-refractivity contribution in [3.05, 3.63) is 40.2 Å². The number of anilines is 1. The summed E-state index contributed by atoms with van der Waals surface area (Å²) in [7, 11) is 3.09. The molecule has 8 nitrogen and oxygen atoms in total. The van der Waals surface area contributed by atoms with Crippen LogP contribution in [-0.2, 0) is 12.8 Å². The van der Waals surface area contributed by atoms with Crippen LogP contribution in [0.2, 0.25) is 5.02 Å². The van der Waals surface area contributed by atoms with E-state index in [4.69, 9.17) is 26.1 Å². The Morgan fingerprint density at radius 1 is 1.00 bits per heavy atom. The second-order valence-electron chi connectivity index (χ2n) is 9.23. The first-order valence-electron chi connectivity index (χ1n) is 12.1. The van der Waals surface area contributed by atoms with Crippen LogP contribution in [0.15, 0.2) is 18.3 Å². The van der Waals surface area contributed by atoms with E-state index in [0.717, 1.165) is 55.8 Å². The van der Waals surface area contributed by atoms with Crippen LogP contribution in [0.3, 0.4) is 0 Å². The van der Waals surface area contributed by atoms with Gasteiger partial charge in [0.05, 0.1) is 30.5 Å². The molecule has 0 N–H and O–H groups in total. The third-order valence-electron chi connectivity index (χ3n) is 7.39. The molecule has 5 rings (SSSR count). The van der Waals surface area contributed by atoms with Crippen molar-refractivity contribution < 1.29 is 14.3 Å². The van der Waals surface area contributed by atoms with E-state index in [2.05, 4.69) is 14.8 Å². The standard InChI is InChI=1S/C25H32ClN5O3/c1-33-22-14-19(20(26)15-23(22)34-2)24(32)30-8-6-17-16-27-25(28-21(17)7-9-30)31-12-10-29(11-13-31)18-4-3-5-18/h14-16,18H,3-13H2,1-2H3. The number of halogens is 1. The topological polar surface area (TPSA) is 71.0 Å². The molecule has 1 aliphatic carbocycles. The number of carbonyl (C=O) groups excluding carboxylic acids is 1. The maximum atomic E-state index is 13.3. The summed E-state index contributed by atoms with van der Waals surface area (Å²) in [5.41, 5.74) is 2.58. The van der Waals surface area contributed by atoms with Crippen LogP contribution < -0.4 is 14.4 Å². The lowest BCUT2D eigenvalue weighted by molar-refractivity contribution is 0.0762. The van der Waals surface area contributed by atoms with Crippen LogP contribution in [0.5, 0.6) is 11.5 Å². The summed E-state index contributed by atoms with van der Waals surface area (Å²) in [5, 5.41) is 0.354. The fourth-order valence-electron chi connectivity index (χ4n) is 5.05. The maximum absolute atomic E-state index is 13.3. The van der Waals surface area contributed by atoms with Crippen molar-refractivity contribution >= 4 is 23.5 Å². The second kappa shape index (κ2) is 9.96. The number of fused-ring (bicyclic) bond motifs is 1. The number of benzene rings is 1. The number of aromatic nitrogens is 2. The number of piperazine rings is 1. The Morgan fingerprint density at radius 2 is 1.71 bits per heavy atom. The van der Waals surface area contributed by atoms with E-state index in [1.807, 2.05) is 11.1 Å². The molecule has 0 atom stereocenters. The highest BCUT2D eigenvalue weighted by Gasteiger charge is 2.29. The SMILES string of the molecule is COc1cc(Cl)c(C(=O)N2CCc3cnc(N4CCN(C5CCC5)CC4)nc3CC2)cc1OC. The molecule has 2 fully saturated rings. The molecule has 2 aliphatic heterocycles. The van der Waals surface area contributed by atoms with E-state index in [1.54, 1.807) is 26.4 Å². The molecule has 1 amide bonds. The Hall–Kier alpha value is -2.58. The van der Waals surface area contributed by atoms with Crippen LogP contribution in [0.25, 0.3) is 0 Å². The summed E-state index contributed by atoms with van der Waals surface area (Å²) in [6, 6.07) is 4.07. The van der Waals surface area contributed by atoms with Crippen LogP contribution in [-0.4, -0.2) is 85.2 Å². The van der Waals surface area contributed by atoms with Crippen molar-refractivity contribution in [2.75, 3.05) is 58.4 Å². The van der Waals surface area contributed by atoms with Crippen LogP contribution in [0.4, 0.5) is 5.95 Å². The average molecular weight is 486 g/mol. The minimum atomic E-state index is -0.112. The van der Waals surface area contributed by atoms with E-state index in [1.165, 1.54) is 19.3 Å². The van der Waals surface area contributed by atoms with Gasteiger partial charge in [0, 0.05) is 64.0 Å². The lowest BCUT2D eigenvalue weighted by Crippen LogP contribution is -2.52. The first kappa shape index (κ1) is 23.2. The molecule has 0 spiro atoms. The molecule has 2 aromatic rings. The van der Waals surface area contributed by atoms with Gasteiger partial charge in [0.1, 0.15) is 0 Å². The number of amides is 1. The lowest BCUT2D eigenvalue weighted by atomic mass is 9.91. The fraction of sp³-hybridized carbons (Fsp3) is 0.560. The molecule has 1 aromatic heterocycles. The average Bonchev–Trinajstić information content (AvgIpc) is 3.05. The second-order valence-corrected chi connectivity index (χ2v) is 9.64. The summed E-state index contributed by atoms with van der Waals surface area (Å²) >= 11 is 6.42. The molecule has 3 aliphatic rings. The van der Waals surface area contributed by atoms with Gasteiger partial charge < -0.3 is 19.3 Å². The number of carbonyl (C=O) groups is 1. The van der Waals surface area contributed by atoms with Gasteiger partial charge in [-0.25, -0.2) is 9.97 Å². The van der Waals surface area contributed by atoms with Gasteiger partial charge in [0.15, 0.2) is 11.5 Å². The molecule has 34 heavy (non-hydrogen) atoms. The van der Waals surface area contributed by atoms with E-state index in [-0.39, 0.29) is 5.91 Å². The molecule has 3 heterocycles. The Labute approximate surface area is 205 Å². The van der Waals surface area contributed by atoms with Crippen LogP contribution in [0.1, 0.15) is 40.9 Å². The zero-order chi connectivity index (χ0) is 23.7. The molecular weight excluding hydrogens is 454 g/mol. The maximum Gasteiger partial charge on any atom is 0.255 e. The highest BCUT2D eigenvalue weighted by atomic mass is 35.5. The van der Waals surface area contributed by atoms with Gasteiger partial charge in [0.2, 0.25) is 5.95 Å². The first-order valence-corrected chi connectivity index (χ1v) is 12.5. The minimum absolute atomic E-state index is 0.112. The van der Waals surface area contributed by atoms with Gasteiger partial charge in [-0.1, -0.05) is 18.0 Å². The predicted molar refractivity (Wildman–Crippen MR) is 131 cm³/mol. The third kappa shape index (κ3) is 4.53. The Balaban J connectivity index is 1.26. The number of rotatable bonds is 5. The zero-order valence-corrected chi connectivity index (χ0v) is 20.7. The first-order chi connectivity index (χ1) is 16.6. The van der Waals surface area contributed by atoms with E-state index < -0.39 is 0 Å². The lowest BCUT2D eigenvalue weighted by Gasteiger charge is -2.43. The predicted octanol–water partition coefficient (Wildman–Crippen LogP) is 3.06. The van der Waals surface area contributed by atoms with Gasteiger partial charge in [-0.3, -0.25) is 9.69 Å². The smallest absolute Gasteiger partial charge is 0.255 e. The molecule has 1 saturated carbocycles. The van der Waals surface area contributed by atoms with Gasteiger partial charge >= 0.3 is 0 Å². The Bertz CT molecular complexity index is 1050. The summed E-state index contributed by atoms with van der Waals surface area (Å²) in [6.45, 7) is 5.29. The summed E-state index contributed by atoms with van der Waals surface area (Å²) < 4.78 is 10.7. The largest absolute Gasteiger partial charge is 0.493 e. The van der Waals surface area contributed by atoms with Gasteiger partial charge in [-0.2, -0.15) is 0 Å². The molecular formula is C25H32ClN5O3. The monoisotopic (exact) mass is 485 g/mol. The highest BCUT2D eigenvalue weighted by molar-refractivity contribution is 6.34. The van der Waals surface area contributed by atoms with Crippen molar-refractivity contribution in [3.63, 3.8) is 0 Å². The zero-order valence-electron chi connectivity index (χ0n) is 19.9. The number of ether oxygens (including phenoxy) is 2. The minimum Gasteiger partial charge on any atom is -0.493 e. The number of hydrogen-bond donors (Lipinski definition) is 0. The molecule has 0 unspecified atom stereocenters. The summed E-state index contributed by atoms with van der Waals surface area (Å²) in [4.78, 5) is 29.7. The summed E-state index contributed by atoms with van der Waals surface area (Å²) in [6.07, 6.45) is 7.44. The van der Waals surface area contributed by atoms with Crippen LogP contribution >= 0.6 is 11.6 Å². The molecule has 1 aromatic carbocycles. The van der Waals surface area contributed by atoms with E-state index >= 15 is 0 Å². The molecule has 1 saturated heterocycles. The Kier molecular flexibility index (Phi) is 6.79. The fourth-order valence-corrected chi connectivity index (χ4v) is 5.28. The number of nitrogens with zero attached hydrogens (tertiary/aromatic N) is 5. The molecule has 0 bridgehead atoms. The van der Waals surface area contributed by atoms with Crippen molar-refractivity contribution in [2.24, 2.45) is 0 Å². The normalized spacial score (nSPS) is 19.3. The van der Waals surface area contributed by atoms with Crippen molar-refractivity contribution in [2.45, 2.75) is 38.1 Å². The quantitative estimate of drug-likeness (QED) is 0.644. The number of methoxy groups -OCH3 is 2. The van der Waals surface area contributed by atoms with Gasteiger partial charge in [-0.15, -0.1) is 0 Å². The third-order valence-corrected chi connectivity index (χ3v) is 7.70. The van der Waals surface area contributed by atoms with Gasteiger partial charge in [-0.05, 0) is 30.9 Å². The highest BCUT2D eigenvalue weighted by Crippen LogP contribution is 2.34. The van der Waals surface area contributed by atoms with Crippen molar-refractivity contribution in [3.8, 4) is 11.5 Å². The van der Waals surface area contributed by atoms with E-state index in [9.17, 15) is 4.79 Å². The Morgan fingerprint density at radius 3 is 2.38 bits per heavy atom. The van der Waals surface area contributed by atoms with Gasteiger partial charge in [0.25, 0.3) is 5.91 Å². The molecule has 0 radical (unpaired) electrons. The van der Waals surface area contributed by atoms with Crippen molar-refractivity contribution in [1.82, 2.24) is 19.8 Å². The van der Waals surface area contributed by atoms with Crippen molar-refractivity contribution in [1.29, 1.82) is 0 Å². The molecule has 182 valence electrons. The molecule has 9 heteroatoms. The van der Waals surface area contributed by atoms with Crippen LogP contribution in [0, 0.1) is 0 Å². The number of hydrogen-bond acceptors (Lipinski definition) is 7. The van der Waals surface area contributed by atoms with E-state index in [0.29, 0.717) is 41.6 Å². The summed E-state index contributed by atoms with van der Waals surface area (Å²) in [5.74, 6) is 1.69.